The first-order valence-electron chi connectivity index (χ1n) is 5.09. The molecule has 0 fully saturated rings. The van der Waals surface area contributed by atoms with Crippen molar-refractivity contribution in [3.05, 3.63) is 27.7 Å². The van der Waals surface area contributed by atoms with E-state index in [1.165, 1.54) is 7.11 Å². The second kappa shape index (κ2) is 6.39. The number of benzene rings is 1. The number of carbonyl (C=O) groups is 2. The van der Waals surface area contributed by atoms with Gasteiger partial charge in [-0.05, 0) is 24.6 Å². The van der Waals surface area contributed by atoms with Crippen LogP contribution in [0.15, 0.2) is 16.6 Å². The van der Waals surface area contributed by atoms with Gasteiger partial charge >= 0.3 is 5.97 Å². The largest absolute Gasteiger partial charge is 0.496 e. The van der Waals surface area contributed by atoms with E-state index in [9.17, 15) is 9.59 Å². The zero-order valence-corrected chi connectivity index (χ0v) is 11.2. The molecule has 0 atom stereocenters. The summed E-state index contributed by atoms with van der Waals surface area (Å²) in [7, 11) is 1.48. The molecule has 0 saturated carbocycles. The summed E-state index contributed by atoms with van der Waals surface area (Å²) in [5, 5.41) is 0. The molecule has 0 unspecified atom stereocenters. The maximum Gasteiger partial charge on any atom is 0.310 e. The van der Waals surface area contributed by atoms with E-state index in [1.54, 1.807) is 19.1 Å². The van der Waals surface area contributed by atoms with E-state index in [1.807, 2.05) is 0 Å². The fourth-order valence-electron chi connectivity index (χ4n) is 1.38. The van der Waals surface area contributed by atoms with Gasteiger partial charge in [0.1, 0.15) is 5.75 Å². The normalized spacial score (nSPS) is 9.82. The third-order valence-electron chi connectivity index (χ3n) is 2.17. The molecule has 92 valence electrons. The van der Waals surface area contributed by atoms with Crippen molar-refractivity contribution < 1.29 is 19.1 Å². The molecular weight excluding hydrogens is 288 g/mol. The number of hydrogen-bond donors (Lipinski definition) is 0. The lowest BCUT2D eigenvalue weighted by molar-refractivity contribution is -0.142. The molecule has 0 bridgehead atoms. The van der Waals surface area contributed by atoms with Gasteiger partial charge in [-0.2, -0.15) is 0 Å². The molecule has 0 amide bonds. The molecular formula is C12H13BrO4. The minimum Gasteiger partial charge on any atom is -0.496 e. The van der Waals surface area contributed by atoms with E-state index in [2.05, 4.69) is 15.9 Å². The van der Waals surface area contributed by atoms with Crippen LogP contribution in [-0.4, -0.2) is 26.0 Å². The Bertz CT molecular complexity index is 429. The van der Waals surface area contributed by atoms with Gasteiger partial charge in [-0.3, -0.25) is 9.59 Å². The van der Waals surface area contributed by atoms with Gasteiger partial charge in [0, 0.05) is 4.47 Å². The Labute approximate surface area is 108 Å². The topological polar surface area (TPSA) is 52.6 Å². The molecule has 0 spiro atoms. The molecule has 0 aliphatic carbocycles. The van der Waals surface area contributed by atoms with Crippen molar-refractivity contribution in [3.8, 4) is 5.75 Å². The molecule has 1 aromatic rings. The summed E-state index contributed by atoms with van der Waals surface area (Å²) in [6, 6.07) is 3.28. The summed E-state index contributed by atoms with van der Waals surface area (Å²) in [6.45, 7) is 2.10. The second-order valence-corrected chi connectivity index (χ2v) is 4.14. The van der Waals surface area contributed by atoms with Crippen LogP contribution in [0.5, 0.6) is 5.75 Å². The molecule has 0 radical (unpaired) electrons. The minimum absolute atomic E-state index is 0.143. The Hall–Kier alpha value is -1.36. The molecule has 4 nitrogen and oxygen atoms in total. The number of hydrogen-bond acceptors (Lipinski definition) is 4. The highest BCUT2D eigenvalue weighted by molar-refractivity contribution is 9.10. The van der Waals surface area contributed by atoms with Crippen molar-refractivity contribution in [3.63, 3.8) is 0 Å². The maximum atomic E-state index is 11.4. The third-order valence-corrected chi connectivity index (χ3v) is 2.90. The number of carbonyl (C=O) groups excluding carboxylic acids is 2. The Balaban J connectivity index is 3.00. The molecule has 0 saturated heterocycles. The van der Waals surface area contributed by atoms with Crippen LogP contribution in [0.4, 0.5) is 0 Å². The van der Waals surface area contributed by atoms with E-state index in [0.29, 0.717) is 28.7 Å². The Morgan fingerprint density at radius 1 is 1.47 bits per heavy atom. The first kappa shape index (κ1) is 13.7. The van der Waals surface area contributed by atoms with Gasteiger partial charge < -0.3 is 9.47 Å². The number of esters is 1. The van der Waals surface area contributed by atoms with Gasteiger partial charge in [0.25, 0.3) is 0 Å². The van der Waals surface area contributed by atoms with Crippen molar-refractivity contribution in [2.45, 2.75) is 13.3 Å². The fraction of sp³-hybridized carbons (Fsp3) is 0.333. The molecule has 17 heavy (non-hydrogen) atoms. The van der Waals surface area contributed by atoms with Crippen LogP contribution < -0.4 is 4.74 Å². The second-order valence-electron chi connectivity index (χ2n) is 3.29. The van der Waals surface area contributed by atoms with E-state index in [0.717, 1.165) is 5.56 Å². The average Bonchev–Trinajstić information content (AvgIpc) is 2.31. The van der Waals surface area contributed by atoms with E-state index in [-0.39, 0.29) is 12.4 Å². The maximum absolute atomic E-state index is 11.4. The summed E-state index contributed by atoms with van der Waals surface area (Å²) < 4.78 is 10.6. The van der Waals surface area contributed by atoms with Crippen molar-refractivity contribution >= 4 is 28.2 Å². The van der Waals surface area contributed by atoms with Gasteiger partial charge in [-0.15, -0.1) is 0 Å². The molecule has 5 heteroatoms. The van der Waals surface area contributed by atoms with E-state index in [4.69, 9.17) is 9.47 Å². The zero-order chi connectivity index (χ0) is 12.8. The molecule has 0 heterocycles. The van der Waals surface area contributed by atoms with Gasteiger partial charge in [0.05, 0.1) is 25.7 Å². The summed E-state index contributed by atoms with van der Waals surface area (Å²) in [5.41, 5.74) is 1.16. The third kappa shape index (κ3) is 3.56. The van der Waals surface area contributed by atoms with Gasteiger partial charge in [-0.25, -0.2) is 0 Å². The number of halogens is 1. The molecule has 0 aliphatic rings. The smallest absolute Gasteiger partial charge is 0.310 e. The van der Waals surface area contributed by atoms with Crippen LogP contribution in [0.2, 0.25) is 0 Å². The molecule has 1 rings (SSSR count). The Morgan fingerprint density at radius 2 is 2.18 bits per heavy atom. The minimum atomic E-state index is -0.311. The lowest BCUT2D eigenvalue weighted by atomic mass is 10.1. The van der Waals surface area contributed by atoms with Crippen LogP contribution in [0.1, 0.15) is 22.8 Å². The zero-order valence-electron chi connectivity index (χ0n) is 9.66. The SMILES string of the molecule is CCOC(=O)Cc1cc(OC)c(C=O)cc1Br. The standard InChI is InChI=1S/C12H13BrO4/c1-3-17-12(15)6-8-5-11(16-2)9(7-14)4-10(8)13/h4-5,7H,3,6H2,1-2H3. The monoisotopic (exact) mass is 300 g/mol. The molecule has 0 aliphatic heterocycles. The Kier molecular flexibility index (Phi) is 5.15. The van der Waals surface area contributed by atoms with Crippen molar-refractivity contribution in [2.24, 2.45) is 0 Å². The van der Waals surface area contributed by atoms with E-state index < -0.39 is 0 Å². The first-order valence-corrected chi connectivity index (χ1v) is 5.88. The van der Waals surface area contributed by atoms with Gasteiger partial charge in [0.15, 0.2) is 6.29 Å². The highest BCUT2D eigenvalue weighted by Crippen LogP contribution is 2.26. The van der Waals surface area contributed by atoms with Gasteiger partial charge in [-0.1, -0.05) is 15.9 Å². The van der Waals surface area contributed by atoms with Crippen LogP contribution >= 0.6 is 15.9 Å². The summed E-state index contributed by atoms with van der Waals surface area (Å²) >= 11 is 3.31. The van der Waals surface area contributed by atoms with Crippen LogP contribution in [0.25, 0.3) is 0 Å². The fourth-order valence-corrected chi connectivity index (χ4v) is 1.88. The number of aldehydes is 1. The summed E-state index contributed by atoms with van der Waals surface area (Å²) in [6.07, 6.45) is 0.849. The highest BCUT2D eigenvalue weighted by Gasteiger charge is 2.12. The van der Waals surface area contributed by atoms with Crippen molar-refractivity contribution in [2.75, 3.05) is 13.7 Å². The molecule has 1 aromatic carbocycles. The number of methoxy groups -OCH3 is 1. The van der Waals surface area contributed by atoms with Crippen molar-refractivity contribution in [1.82, 2.24) is 0 Å². The van der Waals surface area contributed by atoms with E-state index >= 15 is 0 Å². The number of ether oxygens (including phenoxy) is 2. The van der Waals surface area contributed by atoms with Crippen LogP contribution in [-0.2, 0) is 16.0 Å². The average molecular weight is 301 g/mol. The van der Waals surface area contributed by atoms with Gasteiger partial charge in [0.2, 0.25) is 0 Å². The quantitative estimate of drug-likeness (QED) is 0.619. The van der Waals surface area contributed by atoms with Crippen LogP contribution in [0.3, 0.4) is 0 Å². The number of rotatable bonds is 5. The lowest BCUT2D eigenvalue weighted by Gasteiger charge is -2.09. The molecule has 0 aromatic heterocycles. The summed E-state index contributed by atoms with van der Waals surface area (Å²) in [4.78, 5) is 22.1. The summed E-state index contributed by atoms with van der Waals surface area (Å²) in [5.74, 6) is 0.136. The van der Waals surface area contributed by atoms with Crippen LogP contribution in [0, 0.1) is 0 Å². The predicted octanol–water partition coefficient (Wildman–Crippen LogP) is 2.38. The molecule has 0 N–H and O–H groups in total. The Morgan fingerprint density at radius 3 is 2.71 bits per heavy atom. The lowest BCUT2D eigenvalue weighted by Crippen LogP contribution is -2.08. The first-order chi connectivity index (χ1) is 8.12. The van der Waals surface area contributed by atoms with Crippen molar-refractivity contribution in [1.29, 1.82) is 0 Å². The highest BCUT2D eigenvalue weighted by atomic mass is 79.9. The predicted molar refractivity (Wildman–Crippen MR) is 66.4 cm³/mol.